The zero-order valence-corrected chi connectivity index (χ0v) is 17.5. The van der Waals surface area contributed by atoms with E-state index < -0.39 is 5.41 Å². The summed E-state index contributed by atoms with van der Waals surface area (Å²) in [6.45, 7) is 4.46. The zero-order valence-electron chi connectivity index (χ0n) is 17.5. The molecule has 0 bridgehead atoms. The molecular weight excluding hydrogens is 368 g/mol. The molecule has 1 aromatic rings. The summed E-state index contributed by atoms with van der Waals surface area (Å²) >= 11 is 0. The normalized spacial score (nSPS) is 23.9. The second-order valence-corrected chi connectivity index (χ2v) is 8.47. The molecule has 1 saturated carbocycles. The summed E-state index contributed by atoms with van der Waals surface area (Å²) in [5.41, 5.74) is 0.0699. The van der Waals surface area contributed by atoms with E-state index in [2.05, 4.69) is 12.2 Å². The third kappa shape index (κ3) is 4.98. The highest BCUT2D eigenvalue weighted by Crippen LogP contribution is 2.37. The minimum absolute atomic E-state index is 0.0148. The van der Waals surface area contributed by atoms with E-state index >= 15 is 0 Å². The van der Waals surface area contributed by atoms with Crippen LogP contribution in [-0.4, -0.2) is 48.4 Å². The van der Waals surface area contributed by atoms with E-state index in [9.17, 15) is 14.4 Å². The lowest BCUT2D eigenvalue weighted by Gasteiger charge is -2.40. The van der Waals surface area contributed by atoms with Crippen molar-refractivity contribution in [2.45, 2.75) is 63.8 Å². The maximum Gasteiger partial charge on any atom is 0.317 e. The Bertz CT molecular complexity index is 726. The molecule has 158 valence electrons. The van der Waals surface area contributed by atoms with Gasteiger partial charge in [0.25, 0.3) is 5.91 Å². The van der Waals surface area contributed by atoms with E-state index in [1.807, 2.05) is 30.3 Å². The number of carbonyl (C=O) groups excluding carboxylic acids is 3. The van der Waals surface area contributed by atoms with E-state index in [-0.39, 0.29) is 30.4 Å². The van der Waals surface area contributed by atoms with Gasteiger partial charge in [-0.05, 0) is 37.2 Å². The van der Waals surface area contributed by atoms with Crippen LogP contribution in [0.15, 0.2) is 30.3 Å². The lowest BCUT2D eigenvalue weighted by Crippen LogP contribution is -2.50. The van der Waals surface area contributed by atoms with Crippen molar-refractivity contribution in [2.75, 3.05) is 19.7 Å². The van der Waals surface area contributed by atoms with E-state index in [0.29, 0.717) is 31.8 Å². The molecule has 2 amide bonds. The maximum atomic E-state index is 13.2. The molecule has 6 heteroatoms. The molecule has 1 aliphatic heterocycles. The molecule has 6 nitrogen and oxygen atoms in total. The molecule has 29 heavy (non-hydrogen) atoms. The number of esters is 1. The van der Waals surface area contributed by atoms with Crippen LogP contribution in [0.3, 0.4) is 0 Å². The van der Waals surface area contributed by atoms with Crippen molar-refractivity contribution in [3.8, 4) is 0 Å². The average molecular weight is 401 g/mol. The van der Waals surface area contributed by atoms with Crippen molar-refractivity contribution in [1.29, 1.82) is 0 Å². The summed E-state index contributed by atoms with van der Waals surface area (Å²) in [7, 11) is 0. The number of rotatable bonds is 5. The molecule has 2 aliphatic rings. The molecule has 1 aromatic carbocycles. The van der Waals surface area contributed by atoms with Crippen LogP contribution in [-0.2, 0) is 24.5 Å². The van der Waals surface area contributed by atoms with E-state index in [1.54, 1.807) is 11.8 Å². The Morgan fingerprint density at radius 1 is 1.10 bits per heavy atom. The third-order valence-electron chi connectivity index (χ3n) is 6.57. The van der Waals surface area contributed by atoms with Crippen LogP contribution in [0.1, 0.15) is 57.9 Å². The second-order valence-electron chi connectivity index (χ2n) is 8.47. The van der Waals surface area contributed by atoms with Crippen molar-refractivity contribution < 1.29 is 19.1 Å². The summed E-state index contributed by atoms with van der Waals surface area (Å²) in [5, 5.41) is 3.03. The summed E-state index contributed by atoms with van der Waals surface area (Å²) in [6, 6.07) is 9.73. The minimum atomic E-state index is -0.814. The van der Waals surface area contributed by atoms with Crippen LogP contribution in [0.4, 0.5) is 0 Å². The van der Waals surface area contributed by atoms with Crippen LogP contribution >= 0.6 is 0 Å². The highest BCUT2D eigenvalue weighted by molar-refractivity contribution is 5.87. The number of amides is 2. The number of carbonyl (C=O) groups is 3. The van der Waals surface area contributed by atoms with E-state index in [1.165, 1.54) is 6.42 Å². The molecule has 1 heterocycles. The molecule has 2 atom stereocenters. The van der Waals surface area contributed by atoms with Gasteiger partial charge in [0, 0.05) is 26.1 Å². The lowest BCUT2D eigenvalue weighted by molar-refractivity contribution is -0.157. The molecule has 3 rings (SSSR count). The van der Waals surface area contributed by atoms with Gasteiger partial charge in [0.1, 0.15) is 0 Å². The van der Waals surface area contributed by atoms with Gasteiger partial charge in [0.05, 0.1) is 5.41 Å². The SMILES string of the molecule is CC(=O)N1CCC(C(=O)OCC(=O)N[C@H]2CCCC[C@@H]2C)(c2ccccc2)CC1. The van der Waals surface area contributed by atoms with Crippen LogP contribution in [0.2, 0.25) is 0 Å². The Labute approximate surface area is 173 Å². The second kappa shape index (κ2) is 9.42. The van der Waals surface area contributed by atoms with Crippen LogP contribution in [0.5, 0.6) is 0 Å². The summed E-state index contributed by atoms with van der Waals surface area (Å²) in [5.74, 6) is -0.142. The number of hydrogen-bond acceptors (Lipinski definition) is 4. The van der Waals surface area contributed by atoms with Crippen molar-refractivity contribution in [3.63, 3.8) is 0 Å². The maximum absolute atomic E-state index is 13.2. The predicted molar refractivity (Wildman–Crippen MR) is 110 cm³/mol. The Morgan fingerprint density at radius 2 is 1.76 bits per heavy atom. The number of nitrogens with zero attached hydrogens (tertiary/aromatic N) is 1. The standard InChI is InChI=1S/C23H32N2O4/c1-17-8-6-7-11-20(17)24-21(27)16-29-22(28)23(19-9-4-3-5-10-19)12-14-25(15-13-23)18(2)26/h3-5,9-10,17,20H,6-8,11-16H2,1-2H3,(H,24,27)/t17-,20-/m0/s1. The van der Waals surface area contributed by atoms with E-state index in [0.717, 1.165) is 24.8 Å². The number of hydrogen-bond donors (Lipinski definition) is 1. The van der Waals surface area contributed by atoms with Gasteiger partial charge in [-0.1, -0.05) is 50.1 Å². The van der Waals surface area contributed by atoms with Gasteiger partial charge in [-0.2, -0.15) is 0 Å². The quantitative estimate of drug-likeness (QED) is 0.771. The highest BCUT2D eigenvalue weighted by Gasteiger charge is 2.45. The van der Waals surface area contributed by atoms with Crippen LogP contribution < -0.4 is 5.32 Å². The fraction of sp³-hybridized carbons (Fsp3) is 0.609. The van der Waals surface area contributed by atoms with Gasteiger partial charge < -0.3 is 15.0 Å². The molecule has 0 aromatic heterocycles. The molecular formula is C23H32N2O4. The fourth-order valence-electron chi connectivity index (χ4n) is 4.62. The first-order valence-corrected chi connectivity index (χ1v) is 10.7. The Balaban J connectivity index is 1.64. The summed E-state index contributed by atoms with van der Waals surface area (Å²) in [4.78, 5) is 39.0. The smallest absolute Gasteiger partial charge is 0.317 e. The van der Waals surface area contributed by atoms with Crippen molar-refractivity contribution in [3.05, 3.63) is 35.9 Å². The first-order chi connectivity index (χ1) is 13.9. The molecule has 1 aliphatic carbocycles. The van der Waals surface area contributed by atoms with Gasteiger partial charge in [-0.25, -0.2) is 0 Å². The number of piperidine rings is 1. The number of likely N-dealkylation sites (tertiary alicyclic amines) is 1. The molecule has 0 unspecified atom stereocenters. The monoisotopic (exact) mass is 400 g/mol. The zero-order chi connectivity index (χ0) is 20.9. The van der Waals surface area contributed by atoms with Gasteiger partial charge in [0.2, 0.25) is 5.91 Å². The van der Waals surface area contributed by atoms with Crippen molar-refractivity contribution >= 4 is 17.8 Å². The number of ether oxygens (including phenoxy) is 1. The first kappa shape index (κ1) is 21.3. The number of benzene rings is 1. The molecule has 1 saturated heterocycles. The number of nitrogens with one attached hydrogen (secondary N) is 1. The fourth-order valence-corrected chi connectivity index (χ4v) is 4.62. The van der Waals surface area contributed by atoms with E-state index in [4.69, 9.17) is 4.74 Å². The van der Waals surface area contributed by atoms with Crippen LogP contribution in [0.25, 0.3) is 0 Å². The third-order valence-corrected chi connectivity index (χ3v) is 6.57. The lowest BCUT2D eigenvalue weighted by atomic mass is 9.72. The average Bonchev–Trinajstić information content (AvgIpc) is 2.74. The Kier molecular flexibility index (Phi) is 6.93. The molecule has 0 radical (unpaired) electrons. The summed E-state index contributed by atoms with van der Waals surface area (Å²) < 4.78 is 5.52. The molecule has 2 fully saturated rings. The Morgan fingerprint density at radius 3 is 2.38 bits per heavy atom. The van der Waals surface area contributed by atoms with Gasteiger partial charge >= 0.3 is 5.97 Å². The van der Waals surface area contributed by atoms with Gasteiger partial charge in [-0.15, -0.1) is 0 Å². The van der Waals surface area contributed by atoms with Gasteiger partial charge in [0.15, 0.2) is 6.61 Å². The molecule has 0 spiro atoms. The van der Waals surface area contributed by atoms with Gasteiger partial charge in [-0.3, -0.25) is 14.4 Å². The minimum Gasteiger partial charge on any atom is -0.455 e. The summed E-state index contributed by atoms with van der Waals surface area (Å²) in [6.07, 6.45) is 5.43. The predicted octanol–water partition coefficient (Wildman–Crippen LogP) is 2.80. The first-order valence-electron chi connectivity index (χ1n) is 10.7. The molecule has 1 N–H and O–H groups in total. The largest absolute Gasteiger partial charge is 0.455 e. The highest BCUT2D eigenvalue weighted by atomic mass is 16.5. The van der Waals surface area contributed by atoms with Crippen LogP contribution in [0, 0.1) is 5.92 Å². The van der Waals surface area contributed by atoms with Crippen molar-refractivity contribution in [2.24, 2.45) is 5.92 Å². The van der Waals surface area contributed by atoms with Crippen molar-refractivity contribution in [1.82, 2.24) is 10.2 Å². The Hall–Kier alpha value is -2.37. The topological polar surface area (TPSA) is 75.7 Å².